The Morgan fingerprint density at radius 1 is 1.30 bits per heavy atom. The van der Waals surface area contributed by atoms with Gasteiger partial charge in [-0.15, -0.1) is 0 Å². The second-order valence-electron chi connectivity index (χ2n) is 6.88. The Balaban J connectivity index is 2.00. The number of carbonyl (C=O) groups excluding carboxylic acids is 1. The molecule has 5 nitrogen and oxygen atoms in total. The summed E-state index contributed by atoms with van der Waals surface area (Å²) in [5.41, 5.74) is 0.952. The van der Waals surface area contributed by atoms with Gasteiger partial charge < -0.3 is 15.3 Å². The number of nitrogens with zero attached hydrogens (tertiary/aromatic N) is 1. The first-order valence-electron chi connectivity index (χ1n) is 8.16. The number of carboxylic acid groups (broad SMARTS) is 1. The molecule has 0 spiro atoms. The van der Waals surface area contributed by atoms with E-state index in [4.69, 9.17) is 5.11 Å². The van der Waals surface area contributed by atoms with Crippen molar-refractivity contribution in [1.29, 1.82) is 0 Å². The molecule has 1 aromatic carbocycles. The van der Waals surface area contributed by atoms with E-state index in [0.29, 0.717) is 19.5 Å². The number of hydrogen-bond acceptors (Lipinski definition) is 2. The summed E-state index contributed by atoms with van der Waals surface area (Å²) in [4.78, 5) is 25.2. The van der Waals surface area contributed by atoms with Crippen molar-refractivity contribution in [3.63, 3.8) is 0 Å². The number of benzene rings is 1. The zero-order chi connectivity index (χ0) is 17.0. The fourth-order valence-corrected chi connectivity index (χ4v) is 2.94. The molecular weight excluding hydrogens is 292 g/mol. The molecule has 0 radical (unpaired) electrons. The monoisotopic (exact) mass is 318 g/mol. The van der Waals surface area contributed by atoms with Crippen LogP contribution in [0.15, 0.2) is 30.3 Å². The van der Waals surface area contributed by atoms with Crippen LogP contribution in [0.5, 0.6) is 0 Å². The van der Waals surface area contributed by atoms with Crippen molar-refractivity contribution in [1.82, 2.24) is 10.2 Å². The zero-order valence-electron chi connectivity index (χ0n) is 14.1. The fraction of sp³-hybridized carbons (Fsp3) is 0.556. The van der Waals surface area contributed by atoms with Crippen molar-refractivity contribution < 1.29 is 14.7 Å². The van der Waals surface area contributed by atoms with Crippen molar-refractivity contribution >= 4 is 12.0 Å². The lowest BCUT2D eigenvalue weighted by atomic mass is 9.78. The number of carbonyl (C=O) groups is 2. The third-order valence-corrected chi connectivity index (χ3v) is 5.00. The lowest BCUT2D eigenvalue weighted by Gasteiger charge is -2.36. The molecule has 1 aliphatic heterocycles. The standard InChI is InChI=1S/C18H26N2O3/c1-13(18(2,3)15-9-5-4-6-10-15)19-17(23)20-11-7-8-14(12-20)16(21)22/h4-6,9-10,13-14H,7-8,11-12H2,1-3H3,(H,19,23)(H,21,22). The third kappa shape index (κ3) is 4.03. The Hall–Kier alpha value is -2.04. The number of nitrogens with one attached hydrogen (secondary N) is 1. The van der Waals surface area contributed by atoms with Gasteiger partial charge in [-0.25, -0.2) is 4.79 Å². The fourth-order valence-electron chi connectivity index (χ4n) is 2.94. The molecule has 1 saturated heterocycles. The molecule has 0 aromatic heterocycles. The molecule has 2 atom stereocenters. The molecule has 1 aliphatic rings. The third-order valence-electron chi connectivity index (χ3n) is 5.00. The lowest BCUT2D eigenvalue weighted by Crippen LogP contribution is -2.53. The van der Waals surface area contributed by atoms with Crippen LogP contribution >= 0.6 is 0 Å². The van der Waals surface area contributed by atoms with E-state index in [-0.39, 0.29) is 17.5 Å². The van der Waals surface area contributed by atoms with Crippen molar-refractivity contribution in [2.45, 2.75) is 45.1 Å². The van der Waals surface area contributed by atoms with E-state index in [9.17, 15) is 9.59 Å². The van der Waals surface area contributed by atoms with Gasteiger partial charge in [0, 0.05) is 24.5 Å². The summed E-state index contributed by atoms with van der Waals surface area (Å²) in [5, 5.41) is 12.2. The first-order valence-corrected chi connectivity index (χ1v) is 8.16. The number of carboxylic acids is 1. The van der Waals surface area contributed by atoms with Gasteiger partial charge in [-0.2, -0.15) is 0 Å². The SMILES string of the molecule is CC(NC(=O)N1CCCC(C(=O)O)C1)C(C)(C)c1ccccc1. The molecule has 23 heavy (non-hydrogen) atoms. The highest BCUT2D eigenvalue weighted by atomic mass is 16.4. The van der Waals surface area contributed by atoms with E-state index < -0.39 is 11.9 Å². The van der Waals surface area contributed by atoms with E-state index in [0.717, 1.165) is 12.0 Å². The van der Waals surface area contributed by atoms with Gasteiger partial charge in [0.15, 0.2) is 0 Å². The molecule has 2 rings (SSSR count). The number of hydrogen-bond donors (Lipinski definition) is 2. The maximum Gasteiger partial charge on any atom is 0.317 e. The number of rotatable bonds is 4. The summed E-state index contributed by atoms with van der Waals surface area (Å²) in [6, 6.07) is 9.84. The minimum Gasteiger partial charge on any atom is -0.481 e. The van der Waals surface area contributed by atoms with Crippen LogP contribution in [0, 0.1) is 5.92 Å². The first kappa shape index (κ1) is 17.3. The molecule has 1 heterocycles. The Labute approximate surface area is 137 Å². The molecule has 0 saturated carbocycles. The molecule has 0 bridgehead atoms. The van der Waals surface area contributed by atoms with E-state index in [1.54, 1.807) is 4.90 Å². The predicted molar refractivity (Wildman–Crippen MR) is 89.4 cm³/mol. The molecule has 1 fully saturated rings. The topological polar surface area (TPSA) is 69.6 Å². The number of piperidine rings is 1. The number of aliphatic carboxylic acids is 1. The second-order valence-corrected chi connectivity index (χ2v) is 6.88. The highest BCUT2D eigenvalue weighted by molar-refractivity contribution is 5.77. The minimum absolute atomic E-state index is 0.0670. The normalized spacial score (nSPS) is 20.0. The summed E-state index contributed by atoms with van der Waals surface area (Å²) in [6.07, 6.45) is 1.38. The molecule has 2 unspecified atom stereocenters. The van der Waals surface area contributed by atoms with Gasteiger partial charge in [0.05, 0.1) is 5.92 Å². The number of amides is 2. The van der Waals surface area contributed by atoms with Crippen LogP contribution in [0.4, 0.5) is 4.79 Å². The average Bonchev–Trinajstić information content (AvgIpc) is 2.55. The Morgan fingerprint density at radius 2 is 1.96 bits per heavy atom. The summed E-state index contributed by atoms with van der Waals surface area (Å²) in [6.45, 7) is 7.10. The molecule has 126 valence electrons. The van der Waals surface area contributed by atoms with Crippen molar-refractivity contribution in [3.8, 4) is 0 Å². The minimum atomic E-state index is -0.819. The molecule has 5 heteroatoms. The van der Waals surface area contributed by atoms with Crippen LogP contribution in [0.25, 0.3) is 0 Å². The maximum absolute atomic E-state index is 12.5. The summed E-state index contributed by atoms with van der Waals surface area (Å²) in [7, 11) is 0. The van der Waals surface area contributed by atoms with Gasteiger partial charge in [0.2, 0.25) is 0 Å². The molecule has 2 N–H and O–H groups in total. The molecule has 1 aromatic rings. The van der Waals surface area contributed by atoms with E-state index in [2.05, 4.69) is 31.3 Å². The van der Waals surface area contributed by atoms with Gasteiger partial charge in [0.25, 0.3) is 0 Å². The quantitative estimate of drug-likeness (QED) is 0.897. The Bertz CT molecular complexity index is 557. The summed E-state index contributed by atoms with van der Waals surface area (Å²) >= 11 is 0. The highest BCUT2D eigenvalue weighted by Gasteiger charge is 2.32. The van der Waals surface area contributed by atoms with Crippen molar-refractivity contribution in [2.75, 3.05) is 13.1 Å². The molecule has 0 aliphatic carbocycles. The summed E-state index contributed by atoms with van der Waals surface area (Å²) in [5.74, 6) is -1.27. The zero-order valence-corrected chi connectivity index (χ0v) is 14.1. The Morgan fingerprint density at radius 3 is 2.57 bits per heavy atom. The van der Waals surface area contributed by atoms with Crippen LogP contribution in [0.1, 0.15) is 39.2 Å². The van der Waals surface area contributed by atoms with E-state index in [1.807, 2.05) is 25.1 Å². The van der Waals surface area contributed by atoms with Crippen LogP contribution in [-0.2, 0) is 10.2 Å². The van der Waals surface area contributed by atoms with Crippen LogP contribution in [-0.4, -0.2) is 41.1 Å². The number of urea groups is 1. The van der Waals surface area contributed by atoms with Crippen LogP contribution in [0.3, 0.4) is 0 Å². The average molecular weight is 318 g/mol. The van der Waals surface area contributed by atoms with Crippen molar-refractivity contribution in [3.05, 3.63) is 35.9 Å². The Kier molecular flexibility index (Phi) is 5.29. The summed E-state index contributed by atoms with van der Waals surface area (Å²) < 4.78 is 0. The van der Waals surface area contributed by atoms with Gasteiger partial charge in [-0.1, -0.05) is 44.2 Å². The maximum atomic E-state index is 12.5. The lowest BCUT2D eigenvalue weighted by molar-refractivity contribution is -0.143. The van der Waals surface area contributed by atoms with Crippen molar-refractivity contribution in [2.24, 2.45) is 5.92 Å². The van der Waals surface area contributed by atoms with Crippen LogP contribution in [0.2, 0.25) is 0 Å². The largest absolute Gasteiger partial charge is 0.481 e. The predicted octanol–water partition coefficient (Wildman–Crippen LogP) is 2.86. The van der Waals surface area contributed by atoms with Gasteiger partial charge in [-0.3, -0.25) is 4.79 Å². The van der Waals surface area contributed by atoms with Gasteiger partial charge in [0.1, 0.15) is 0 Å². The van der Waals surface area contributed by atoms with E-state index >= 15 is 0 Å². The smallest absolute Gasteiger partial charge is 0.317 e. The van der Waals surface area contributed by atoms with Crippen LogP contribution < -0.4 is 5.32 Å². The molecule has 2 amide bonds. The van der Waals surface area contributed by atoms with E-state index in [1.165, 1.54) is 0 Å². The first-order chi connectivity index (χ1) is 10.8. The number of likely N-dealkylation sites (tertiary alicyclic amines) is 1. The molecular formula is C18H26N2O3. The van der Waals surface area contributed by atoms with Gasteiger partial charge >= 0.3 is 12.0 Å². The van der Waals surface area contributed by atoms with Gasteiger partial charge in [-0.05, 0) is 25.3 Å². The second kappa shape index (κ2) is 7.02. The highest BCUT2D eigenvalue weighted by Crippen LogP contribution is 2.27.